The van der Waals surface area contributed by atoms with Crippen molar-refractivity contribution in [3.05, 3.63) is 64.6 Å². The van der Waals surface area contributed by atoms with Crippen LogP contribution in [0.5, 0.6) is 5.75 Å². The molecule has 1 aromatic heterocycles. The lowest BCUT2D eigenvalue weighted by atomic mass is 10.1. The first-order valence-electron chi connectivity index (χ1n) is 8.65. The first kappa shape index (κ1) is 18.7. The van der Waals surface area contributed by atoms with Crippen molar-refractivity contribution in [1.29, 1.82) is 0 Å². The number of ether oxygens (including phenoxy) is 1. The maximum Gasteiger partial charge on any atom is 0.420 e. The Labute approximate surface area is 157 Å². The first-order valence-corrected chi connectivity index (χ1v) is 8.65. The van der Waals surface area contributed by atoms with E-state index in [1.54, 1.807) is 31.4 Å². The Kier molecular flexibility index (Phi) is 5.61. The Morgan fingerprint density at radius 1 is 1.19 bits per heavy atom. The highest BCUT2D eigenvalue weighted by molar-refractivity contribution is 5.79. The fourth-order valence-electron chi connectivity index (χ4n) is 3.00. The number of amides is 1. The molecule has 0 radical (unpaired) electrons. The molecule has 3 aromatic rings. The highest BCUT2D eigenvalue weighted by Gasteiger charge is 2.17. The van der Waals surface area contributed by atoms with Crippen LogP contribution < -0.4 is 15.8 Å². The number of nitrogens with zero attached hydrogens (tertiary/aromatic N) is 2. The normalized spacial score (nSPS) is 12.3. The van der Waals surface area contributed by atoms with Gasteiger partial charge in [0.2, 0.25) is 5.91 Å². The van der Waals surface area contributed by atoms with Gasteiger partial charge in [0.15, 0.2) is 5.58 Å². The van der Waals surface area contributed by atoms with Gasteiger partial charge in [-0.3, -0.25) is 9.36 Å². The van der Waals surface area contributed by atoms with Gasteiger partial charge in [-0.1, -0.05) is 24.3 Å². The molecule has 1 heterocycles. The van der Waals surface area contributed by atoms with E-state index in [1.165, 1.54) is 4.57 Å². The molecule has 0 unspecified atom stereocenters. The molecular formula is C20H23N3O4. The van der Waals surface area contributed by atoms with Crippen molar-refractivity contribution in [2.24, 2.45) is 0 Å². The summed E-state index contributed by atoms with van der Waals surface area (Å²) in [4.78, 5) is 26.4. The van der Waals surface area contributed by atoms with Crippen LogP contribution in [-0.4, -0.2) is 43.1 Å². The molecule has 1 amide bonds. The highest BCUT2D eigenvalue weighted by atomic mass is 16.5. The molecule has 0 fully saturated rings. The molecule has 7 heteroatoms. The molecule has 0 saturated carbocycles. The van der Waals surface area contributed by atoms with E-state index < -0.39 is 5.76 Å². The van der Waals surface area contributed by atoms with Gasteiger partial charge in [0.1, 0.15) is 12.3 Å². The summed E-state index contributed by atoms with van der Waals surface area (Å²) in [6, 6.07) is 14.8. The zero-order valence-corrected chi connectivity index (χ0v) is 15.6. The molecule has 27 heavy (non-hydrogen) atoms. The van der Waals surface area contributed by atoms with Gasteiger partial charge >= 0.3 is 5.76 Å². The monoisotopic (exact) mass is 369 g/mol. The van der Waals surface area contributed by atoms with Crippen molar-refractivity contribution >= 4 is 17.0 Å². The van der Waals surface area contributed by atoms with E-state index >= 15 is 0 Å². The Bertz CT molecular complexity index is 973. The topological polar surface area (TPSA) is 76.7 Å². The number of methoxy groups -OCH3 is 1. The van der Waals surface area contributed by atoms with E-state index in [0.29, 0.717) is 17.6 Å². The molecule has 0 aliphatic heterocycles. The number of para-hydroxylation sites is 2. The predicted molar refractivity (Wildman–Crippen MR) is 103 cm³/mol. The molecule has 1 atom stereocenters. The van der Waals surface area contributed by atoms with Gasteiger partial charge in [-0.05, 0) is 43.9 Å². The lowest BCUT2D eigenvalue weighted by molar-refractivity contribution is -0.121. The van der Waals surface area contributed by atoms with E-state index in [2.05, 4.69) is 5.32 Å². The maximum atomic E-state index is 12.4. The van der Waals surface area contributed by atoms with E-state index in [4.69, 9.17) is 9.15 Å². The largest absolute Gasteiger partial charge is 0.497 e. The van der Waals surface area contributed by atoms with E-state index in [1.807, 2.05) is 43.3 Å². The third kappa shape index (κ3) is 4.20. The van der Waals surface area contributed by atoms with Crippen LogP contribution in [-0.2, 0) is 11.3 Å². The zero-order valence-electron chi connectivity index (χ0n) is 15.6. The fraction of sp³-hybridized carbons (Fsp3) is 0.300. The van der Waals surface area contributed by atoms with Crippen molar-refractivity contribution in [2.75, 3.05) is 27.7 Å². The Balaban J connectivity index is 1.69. The van der Waals surface area contributed by atoms with Gasteiger partial charge in [-0.15, -0.1) is 0 Å². The molecule has 0 aliphatic carbocycles. The van der Waals surface area contributed by atoms with Crippen LogP contribution in [0, 0.1) is 0 Å². The predicted octanol–water partition coefficient (Wildman–Crippen LogP) is 2.02. The van der Waals surface area contributed by atoms with E-state index in [9.17, 15) is 9.59 Å². The number of nitrogens with one attached hydrogen (secondary N) is 1. The lowest BCUT2D eigenvalue weighted by Gasteiger charge is -2.25. The number of hydrogen-bond donors (Lipinski definition) is 1. The average molecular weight is 369 g/mol. The quantitative estimate of drug-likeness (QED) is 0.690. The van der Waals surface area contributed by atoms with Crippen molar-refractivity contribution in [3.63, 3.8) is 0 Å². The van der Waals surface area contributed by atoms with Gasteiger partial charge in [0.05, 0.1) is 18.7 Å². The minimum absolute atomic E-state index is 0.00216. The first-order chi connectivity index (χ1) is 13.0. The van der Waals surface area contributed by atoms with E-state index in [0.717, 1.165) is 11.3 Å². The van der Waals surface area contributed by atoms with Crippen LogP contribution in [0.25, 0.3) is 11.1 Å². The highest BCUT2D eigenvalue weighted by Crippen LogP contribution is 2.20. The zero-order chi connectivity index (χ0) is 19.4. The van der Waals surface area contributed by atoms with Gasteiger partial charge in [-0.2, -0.15) is 0 Å². The lowest BCUT2D eigenvalue weighted by Crippen LogP contribution is -2.37. The number of likely N-dealkylation sites (N-methyl/N-ethyl adjacent to an activating group) is 1. The molecule has 142 valence electrons. The Hall–Kier alpha value is -3.06. The standard InChI is InChI=1S/C20H23N3O4/c1-22(2)17(14-8-10-15(26-3)11-9-14)12-21-19(24)13-23-16-6-4-5-7-18(16)27-20(23)25/h4-11,17H,12-13H2,1-3H3,(H,21,24)/t17-/m1/s1. The number of fused-ring (bicyclic) bond motifs is 1. The van der Waals surface area contributed by atoms with Crippen LogP contribution in [0.15, 0.2) is 57.7 Å². The summed E-state index contributed by atoms with van der Waals surface area (Å²) >= 11 is 0. The molecule has 0 bridgehead atoms. The minimum atomic E-state index is -0.536. The molecule has 0 saturated heterocycles. The summed E-state index contributed by atoms with van der Waals surface area (Å²) in [6.45, 7) is 0.335. The Morgan fingerprint density at radius 3 is 2.56 bits per heavy atom. The molecule has 1 N–H and O–H groups in total. The number of hydrogen-bond acceptors (Lipinski definition) is 5. The molecular weight excluding hydrogens is 346 g/mol. The third-order valence-electron chi connectivity index (χ3n) is 4.49. The summed E-state index contributed by atoms with van der Waals surface area (Å²) in [6.07, 6.45) is 0. The maximum absolute atomic E-state index is 12.4. The fourth-order valence-corrected chi connectivity index (χ4v) is 3.00. The summed E-state index contributed by atoms with van der Waals surface area (Å²) in [7, 11) is 5.53. The summed E-state index contributed by atoms with van der Waals surface area (Å²) < 4.78 is 11.7. The number of rotatable bonds is 7. The summed E-state index contributed by atoms with van der Waals surface area (Å²) in [5, 5.41) is 2.91. The van der Waals surface area contributed by atoms with Crippen LogP contribution in [0.2, 0.25) is 0 Å². The SMILES string of the molecule is COc1ccc([C@@H](CNC(=O)Cn2c(=O)oc3ccccc32)N(C)C)cc1. The molecule has 2 aromatic carbocycles. The minimum Gasteiger partial charge on any atom is -0.497 e. The molecule has 7 nitrogen and oxygen atoms in total. The van der Waals surface area contributed by atoms with Gasteiger partial charge < -0.3 is 19.4 Å². The van der Waals surface area contributed by atoms with Crippen LogP contribution in [0.3, 0.4) is 0 Å². The number of oxazole rings is 1. The van der Waals surface area contributed by atoms with Gasteiger partial charge in [0, 0.05) is 6.54 Å². The van der Waals surface area contributed by atoms with Crippen molar-refractivity contribution in [1.82, 2.24) is 14.8 Å². The summed E-state index contributed by atoms with van der Waals surface area (Å²) in [5.41, 5.74) is 2.14. The Morgan fingerprint density at radius 2 is 1.89 bits per heavy atom. The third-order valence-corrected chi connectivity index (χ3v) is 4.49. The van der Waals surface area contributed by atoms with Gasteiger partial charge in [0.25, 0.3) is 0 Å². The summed E-state index contributed by atoms with van der Waals surface area (Å²) in [5.74, 6) is 0.00109. The number of carbonyl (C=O) groups is 1. The second-order valence-corrected chi connectivity index (χ2v) is 6.48. The average Bonchev–Trinajstić information content (AvgIpc) is 2.97. The molecule has 0 spiro atoms. The number of carbonyl (C=O) groups excluding carboxylic acids is 1. The van der Waals surface area contributed by atoms with Crippen molar-refractivity contribution in [3.8, 4) is 5.75 Å². The number of aromatic nitrogens is 1. The smallest absolute Gasteiger partial charge is 0.420 e. The second-order valence-electron chi connectivity index (χ2n) is 6.48. The number of benzene rings is 2. The van der Waals surface area contributed by atoms with Crippen LogP contribution in [0.1, 0.15) is 11.6 Å². The van der Waals surface area contributed by atoms with Crippen molar-refractivity contribution in [2.45, 2.75) is 12.6 Å². The van der Waals surface area contributed by atoms with Gasteiger partial charge in [-0.25, -0.2) is 4.79 Å². The van der Waals surface area contributed by atoms with Crippen molar-refractivity contribution < 1.29 is 13.9 Å². The van der Waals surface area contributed by atoms with Crippen LogP contribution in [0.4, 0.5) is 0 Å². The second kappa shape index (κ2) is 8.09. The molecule has 3 rings (SSSR count). The van der Waals surface area contributed by atoms with E-state index in [-0.39, 0.29) is 18.5 Å². The molecule has 0 aliphatic rings. The van der Waals surface area contributed by atoms with Crippen LogP contribution >= 0.6 is 0 Å².